The molecular weight excluding hydrogens is 192 g/mol. The number of aryl methyl sites for hydroxylation is 2. The standard InChI is InChI=1S/C11H18N2O2/c1-7-6-9(8(2)13-7)10(12)4-5-11(14)15-3/h6,10,13H,4-5,12H2,1-3H3. The molecule has 1 heterocycles. The lowest BCUT2D eigenvalue weighted by Gasteiger charge is -2.10. The fraction of sp³-hybridized carbons (Fsp3) is 0.545. The van der Waals surface area contributed by atoms with Gasteiger partial charge < -0.3 is 15.5 Å². The molecule has 0 aromatic carbocycles. The Labute approximate surface area is 89.8 Å². The maximum Gasteiger partial charge on any atom is 0.305 e. The minimum absolute atomic E-state index is 0.103. The Kier molecular flexibility index (Phi) is 3.91. The third-order valence-corrected chi connectivity index (χ3v) is 2.48. The zero-order valence-corrected chi connectivity index (χ0v) is 9.46. The number of rotatable bonds is 4. The lowest BCUT2D eigenvalue weighted by molar-refractivity contribution is -0.140. The van der Waals surface area contributed by atoms with Crippen molar-refractivity contribution < 1.29 is 9.53 Å². The molecule has 0 saturated heterocycles. The Morgan fingerprint density at radius 3 is 2.73 bits per heavy atom. The van der Waals surface area contributed by atoms with Crippen LogP contribution in [0, 0.1) is 13.8 Å². The van der Waals surface area contributed by atoms with E-state index < -0.39 is 0 Å². The Hall–Kier alpha value is -1.29. The van der Waals surface area contributed by atoms with Gasteiger partial charge in [0.25, 0.3) is 0 Å². The van der Waals surface area contributed by atoms with Gasteiger partial charge in [-0.15, -0.1) is 0 Å². The van der Waals surface area contributed by atoms with Gasteiger partial charge in [-0.3, -0.25) is 4.79 Å². The van der Waals surface area contributed by atoms with Gasteiger partial charge in [-0.05, 0) is 31.9 Å². The first-order valence-electron chi connectivity index (χ1n) is 5.03. The van der Waals surface area contributed by atoms with Crippen LogP contribution in [0.5, 0.6) is 0 Å². The van der Waals surface area contributed by atoms with E-state index in [0.717, 1.165) is 17.0 Å². The van der Waals surface area contributed by atoms with Crippen LogP contribution in [0.1, 0.15) is 35.8 Å². The number of carbonyl (C=O) groups excluding carboxylic acids is 1. The molecule has 0 saturated carbocycles. The molecule has 15 heavy (non-hydrogen) atoms. The van der Waals surface area contributed by atoms with Crippen LogP contribution in [0.2, 0.25) is 0 Å². The fourth-order valence-corrected chi connectivity index (χ4v) is 1.66. The summed E-state index contributed by atoms with van der Waals surface area (Å²) in [4.78, 5) is 14.1. The highest BCUT2D eigenvalue weighted by molar-refractivity contribution is 5.69. The van der Waals surface area contributed by atoms with Crippen LogP contribution < -0.4 is 5.73 Å². The Morgan fingerprint density at radius 2 is 2.27 bits per heavy atom. The number of nitrogens with two attached hydrogens (primary N) is 1. The predicted octanol–water partition coefficient (Wildman–Crippen LogP) is 1.58. The lowest BCUT2D eigenvalue weighted by atomic mass is 10.0. The Morgan fingerprint density at radius 1 is 1.60 bits per heavy atom. The van der Waals surface area contributed by atoms with E-state index in [-0.39, 0.29) is 12.0 Å². The first-order valence-corrected chi connectivity index (χ1v) is 5.03. The number of hydrogen-bond donors (Lipinski definition) is 2. The van der Waals surface area contributed by atoms with Gasteiger partial charge in [0.2, 0.25) is 0 Å². The van der Waals surface area contributed by atoms with E-state index in [4.69, 9.17) is 5.73 Å². The Balaban J connectivity index is 2.57. The van der Waals surface area contributed by atoms with Gasteiger partial charge in [-0.25, -0.2) is 0 Å². The number of hydrogen-bond acceptors (Lipinski definition) is 3. The molecule has 0 bridgehead atoms. The highest BCUT2D eigenvalue weighted by Crippen LogP contribution is 2.20. The molecule has 1 rings (SSSR count). The summed E-state index contributed by atoms with van der Waals surface area (Å²) in [5, 5.41) is 0. The number of H-pyrrole nitrogens is 1. The summed E-state index contributed by atoms with van der Waals surface area (Å²) in [6.07, 6.45) is 0.978. The summed E-state index contributed by atoms with van der Waals surface area (Å²) < 4.78 is 4.57. The molecule has 0 fully saturated rings. The second-order valence-electron chi connectivity index (χ2n) is 3.75. The Bertz CT molecular complexity index is 344. The van der Waals surface area contributed by atoms with Gasteiger partial charge in [0.05, 0.1) is 7.11 Å². The quantitative estimate of drug-likeness (QED) is 0.741. The van der Waals surface area contributed by atoms with E-state index in [1.807, 2.05) is 19.9 Å². The second-order valence-corrected chi connectivity index (χ2v) is 3.75. The average molecular weight is 210 g/mol. The van der Waals surface area contributed by atoms with Crippen molar-refractivity contribution >= 4 is 5.97 Å². The highest BCUT2D eigenvalue weighted by Gasteiger charge is 2.13. The summed E-state index contributed by atoms with van der Waals surface area (Å²) in [6, 6.07) is 1.92. The normalized spacial score (nSPS) is 12.5. The van der Waals surface area contributed by atoms with Crippen molar-refractivity contribution in [2.24, 2.45) is 5.73 Å². The summed E-state index contributed by atoms with van der Waals surface area (Å²) in [5.41, 5.74) is 9.23. The molecule has 0 radical (unpaired) electrons. The number of esters is 1. The van der Waals surface area contributed by atoms with Crippen molar-refractivity contribution in [3.8, 4) is 0 Å². The van der Waals surface area contributed by atoms with E-state index in [0.29, 0.717) is 12.8 Å². The van der Waals surface area contributed by atoms with Crippen LogP contribution in [0.25, 0.3) is 0 Å². The van der Waals surface area contributed by atoms with E-state index in [9.17, 15) is 4.79 Å². The second kappa shape index (κ2) is 4.98. The molecule has 1 atom stereocenters. The molecule has 4 nitrogen and oxygen atoms in total. The monoisotopic (exact) mass is 210 g/mol. The molecule has 0 amide bonds. The minimum atomic E-state index is -0.213. The summed E-state index contributed by atoms with van der Waals surface area (Å²) in [7, 11) is 1.39. The van der Waals surface area contributed by atoms with E-state index in [1.54, 1.807) is 0 Å². The molecule has 4 heteroatoms. The largest absolute Gasteiger partial charge is 0.469 e. The number of methoxy groups -OCH3 is 1. The van der Waals surface area contributed by atoms with Gasteiger partial charge >= 0.3 is 5.97 Å². The van der Waals surface area contributed by atoms with Gasteiger partial charge in [0.15, 0.2) is 0 Å². The fourth-order valence-electron chi connectivity index (χ4n) is 1.66. The number of ether oxygens (including phenoxy) is 1. The van der Waals surface area contributed by atoms with Crippen LogP contribution in [0.4, 0.5) is 0 Å². The third-order valence-electron chi connectivity index (χ3n) is 2.48. The van der Waals surface area contributed by atoms with Gasteiger partial charge in [-0.2, -0.15) is 0 Å². The van der Waals surface area contributed by atoms with Crippen molar-refractivity contribution in [1.29, 1.82) is 0 Å². The maximum absolute atomic E-state index is 11.0. The zero-order chi connectivity index (χ0) is 11.4. The van der Waals surface area contributed by atoms with E-state index >= 15 is 0 Å². The van der Waals surface area contributed by atoms with Gasteiger partial charge in [0.1, 0.15) is 0 Å². The molecule has 1 unspecified atom stereocenters. The van der Waals surface area contributed by atoms with Gasteiger partial charge in [-0.1, -0.05) is 0 Å². The average Bonchev–Trinajstić information content (AvgIpc) is 2.53. The number of aromatic nitrogens is 1. The molecule has 0 aliphatic heterocycles. The van der Waals surface area contributed by atoms with Crippen molar-refractivity contribution in [1.82, 2.24) is 4.98 Å². The van der Waals surface area contributed by atoms with Crippen LogP contribution in [-0.2, 0) is 9.53 Å². The number of nitrogens with one attached hydrogen (secondary N) is 1. The summed E-state index contributed by atoms with van der Waals surface area (Å²) in [6.45, 7) is 3.98. The smallest absolute Gasteiger partial charge is 0.305 e. The zero-order valence-electron chi connectivity index (χ0n) is 9.46. The topological polar surface area (TPSA) is 68.1 Å². The lowest BCUT2D eigenvalue weighted by Crippen LogP contribution is -2.13. The molecule has 84 valence electrons. The highest BCUT2D eigenvalue weighted by atomic mass is 16.5. The van der Waals surface area contributed by atoms with Crippen molar-refractivity contribution in [2.45, 2.75) is 32.7 Å². The molecule has 0 spiro atoms. The molecule has 3 N–H and O–H groups in total. The SMILES string of the molecule is COC(=O)CCC(N)c1cc(C)[nH]c1C. The molecule has 1 aromatic heterocycles. The first kappa shape index (κ1) is 11.8. The predicted molar refractivity (Wildman–Crippen MR) is 58.4 cm³/mol. The molecular formula is C11H18N2O2. The van der Waals surface area contributed by atoms with Crippen molar-refractivity contribution in [3.05, 3.63) is 23.0 Å². The third kappa shape index (κ3) is 3.09. The van der Waals surface area contributed by atoms with Crippen molar-refractivity contribution in [3.63, 3.8) is 0 Å². The number of carbonyl (C=O) groups is 1. The van der Waals surface area contributed by atoms with Crippen molar-refractivity contribution in [2.75, 3.05) is 7.11 Å². The van der Waals surface area contributed by atoms with Crippen LogP contribution in [0.15, 0.2) is 6.07 Å². The van der Waals surface area contributed by atoms with E-state index in [2.05, 4.69) is 9.72 Å². The van der Waals surface area contributed by atoms with E-state index in [1.165, 1.54) is 7.11 Å². The summed E-state index contributed by atoms with van der Waals surface area (Å²) >= 11 is 0. The number of aromatic amines is 1. The maximum atomic E-state index is 11.0. The van der Waals surface area contributed by atoms with Crippen LogP contribution in [0.3, 0.4) is 0 Å². The summed E-state index contributed by atoms with van der Waals surface area (Å²) in [5.74, 6) is -0.213. The van der Waals surface area contributed by atoms with Gasteiger partial charge in [0, 0.05) is 23.9 Å². The minimum Gasteiger partial charge on any atom is -0.469 e. The molecule has 0 aliphatic rings. The van der Waals surface area contributed by atoms with Crippen LogP contribution >= 0.6 is 0 Å². The van der Waals surface area contributed by atoms with Crippen LogP contribution in [-0.4, -0.2) is 18.1 Å². The molecule has 1 aromatic rings. The first-order chi connectivity index (χ1) is 7.04. The molecule has 0 aliphatic carbocycles.